The Morgan fingerprint density at radius 3 is 2.83 bits per heavy atom. The average Bonchev–Trinajstić information content (AvgIpc) is 3.24. The quantitative estimate of drug-likeness (QED) is 0.771. The van der Waals surface area contributed by atoms with Crippen molar-refractivity contribution in [1.29, 1.82) is 0 Å². The molecule has 2 aromatic rings. The van der Waals surface area contributed by atoms with E-state index < -0.39 is 5.79 Å². The molecule has 1 aromatic carbocycles. The van der Waals surface area contributed by atoms with Crippen LogP contribution in [0.5, 0.6) is 0 Å². The molecule has 5 nitrogen and oxygen atoms in total. The summed E-state index contributed by atoms with van der Waals surface area (Å²) in [6.07, 6.45) is 6.82. The molecule has 0 spiro atoms. The summed E-state index contributed by atoms with van der Waals surface area (Å²) in [5.41, 5.74) is 1.00. The molecule has 1 saturated heterocycles. The van der Waals surface area contributed by atoms with Crippen molar-refractivity contribution in [2.45, 2.75) is 24.9 Å². The van der Waals surface area contributed by atoms with E-state index in [1.165, 1.54) is 6.33 Å². The molecule has 7 heteroatoms. The molecule has 0 saturated carbocycles. The van der Waals surface area contributed by atoms with Crippen LogP contribution in [0.25, 0.3) is 6.08 Å². The lowest BCUT2D eigenvalue weighted by molar-refractivity contribution is -0.157. The number of rotatable bonds is 5. The molecule has 3 unspecified atom stereocenters. The van der Waals surface area contributed by atoms with E-state index in [1.807, 2.05) is 43.3 Å². The molecule has 1 aromatic heterocycles. The van der Waals surface area contributed by atoms with E-state index in [4.69, 9.17) is 32.7 Å². The van der Waals surface area contributed by atoms with Gasteiger partial charge in [-0.1, -0.05) is 29.8 Å². The SMILES string of the molecule is CC(n1cncn1)C1(C=Cc2ccc(Cl)cc2)OCC(CCl)O1. The van der Waals surface area contributed by atoms with Gasteiger partial charge in [-0.3, -0.25) is 0 Å². The Bertz CT molecular complexity index is 660. The first-order valence-electron chi connectivity index (χ1n) is 7.29. The smallest absolute Gasteiger partial charge is 0.211 e. The number of benzene rings is 1. The fourth-order valence-electron chi connectivity index (χ4n) is 2.46. The second-order valence-electron chi connectivity index (χ2n) is 5.36. The third kappa shape index (κ3) is 3.58. The first kappa shape index (κ1) is 16.5. The van der Waals surface area contributed by atoms with Gasteiger partial charge < -0.3 is 9.47 Å². The van der Waals surface area contributed by atoms with Crippen LogP contribution in [0.2, 0.25) is 5.02 Å². The summed E-state index contributed by atoms with van der Waals surface area (Å²) in [4.78, 5) is 3.99. The van der Waals surface area contributed by atoms with Crippen LogP contribution in [0, 0.1) is 0 Å². The van der Waals surface area contributed by atoms with E-state index in [0.717, 1.165) is 5.56 Å². The zero-order valence-corrected chi connectivity index (χ0v) is 14.1. The van der Waals surface area contributed by atoms with Crippen molar-refractivity contribution < 1.29 is 9.47 Å². The van der Waals surface area contributed by atoms with Crippen molar-refractivity contribution >= 4 is 29.3 Å². The Balaban J connectivity index is 1.88. The van der Waals surface area contributed by atoms with E-state index in [1.54, 1.807) is 11.0 Å². The second-order valence-corrected chi connectivity index (χ2v) is 6.11. The maximum absolute atomic E-state index is 6.07. The fourth-order valence-corrected chi connectivity index (χ4v) is 2.74. The van der Waals surface area contributed by atoms with E-state index in [2.05, 4.69) is 10.1 Å². The topological polar surface area (TPSA) is 49.2 Å². The lowest BCUT2D eigenvalue weighted by Gasteiger charge is -2.31. The number of hydrogen-bond acceptors (Lipinski definition) is 4. The third-order valence-electron chi connectivity index (χ3n) is 3.81. The van der Waals surface area contributed by atoms with Gasteiger partial charge in [0.1, 0.15) is 18.7 Å². The van der Waals surface area contributed by atoms with Crippen LogP contribution in [-0.4, -0.2) is 39.1 Å². The van der Waals surface area contributed by atoms with Crippen LogP contribution in [-0.2, 0) is 9.47 Å². The highest BCUT2D eigenvalue weighted by molar-refractivity contribution is 6.30. The molecule has 3 atom stereocenters. The lowest BCUT2D eigenvalue weighted by Crippen LogP contribution is -2.38. The van der Waals surface area contributed by atoms with Crippen LogP contribution in [0.3, 0.4) is 0 Å². The van der Waals surface area contributed by atoms with Crippen LogP contribution in [0.4, 0.5) is 0 Å². The van der Waals surface area contributed by atoms with E-state index in [0.29, 0.717) is 17.5 Å². The van der Waals surface area contributed by atoms with Gasteiger partial charge in [0.2, 0.25) is 5.79 Å². The van der Waals surface area contributed by atoms with Gasteiger partial charge >= 0.3 is 0 Å². The van der Waals surface area contributed by atoms with Crippen molar-refractivity contribution in [3.05, 3.63) is 53.6 Å². The molecule has 0 N–H and O–H groups in total. The van der Waals surface area contributed by atoms with Gasteiger partial charge in [0, 0.05) is 5.02 Å². The minimum Gasteiger partial charge on any atom is -0.342 e. The monoisotopic (exact) mass is 353 g/mol. The zero-order valence-electron chi connectivity index (χ0n) is 12.6. The molecule has 2 heterocycles. The van der Waals surface area contributed by atoms with Crippen molar-refractivity contribution in [3.8, 4) is 0 Å². The van der Waals surface area contributed by atoms with Gasteiger partial charge in [-0.15, -0.1) is 11.6 Å². The molecule has 1 fully saturated rings. The molecular weight excluding hydrogens is 337 g/mol. The Morgan fingerprint density at radius 2 is 2.22 bits per heavy atom. The summed E-state index contributed by atoms with van der Waals surface area (Å²) < 4.78 is 13.8. The number of ether oxygens (including phenoxy) is 2. The number of hydrogen-bond donors (Lipinski definition) is 0. The summed E-state index contributed by atoms with van der Waals surface area (Å²) in [5, 5.41) is 4.88. The summed E-state index contributed by atoms with van der Waals surface area (Å²) >= 11 is 11.8. The molecule has 0 aliphatic carbocycles. The number of alkyl halides is 1. The summed E-state index contributed by atoms with van der Waals surface area (Å²) in [5.74, 6) is -0.562. The predicted molar refractivity (Wildman–Crippen MR) is 89.5 cm³/mol. The van der Waals surface area contributed by atoms with E-state index in [9.17, 15) is 0 Å². The van der Waals surface area contributed by atoms with Crippen LogP contribution < -0.4 is 0 Å². The standard InChI is InChI=1S/C16H17Cl2N3O2/c1-12(21-11-19-10-20-21)16(22-9-15(8-17)23-16)7-6-13-2-4-14(18)5-3-13/h2-7,10-12,15H,8-9H2,1H3. The Morgan fingerprint density at radius 1 is 1.43 bits per heavy atom. The maximum Gasteiger partial charge on any atom is 0.211 e. The molecule has 23 heavy (non-hydrogen) atoms. The van der Waals surface area contributed by atoms with Crippen molar-refractivity contribution in [2.24, 2.45) is 0 Å². The van der Waals surface area contributed by atoms with Gasteiger partial charge in [0.25, 0.3) is 0 Å². The molecule has 1 aliphatic heterocycles. The van der Waals surface area contributed by atoms with Crippen LogP contribution in [0.1, 0.15) is 18.5 Å². The van der Waals surface area contributed by atoms with Gasteiger partial charge in [-0.25, -0.2) is 9.67 Å². The Kier molecular flexibility index (Phi) is 5.02. The second kappa shape index (κ2) is 7.01. The van der Waals surface area contributed by atoms with Crippen molar-refractivity contribution in [1.82, 2.24) is 14.8 Å². The molecule has 122 valence electrons. The highest BCUT2D eigenvalue weighted by Gasteiger charge is 2.45. The van der Waals surface area contributed by atoms with E-state index >= 15 is 0 Å². The van der Waals surface area contributed by atoms with Gasteiger partial charge in [0.15, 0.2) is 0 Å². The first-order chi connectivity index (χ1) is 11.1. The normalized spacial score (nSPS) is 26.0. The molecule has 0 radical (unpaired) electrons. The molecule has 1 aliphatic rings. The van der Waals surface area contributed by atoms with Crippen LogP contribution >= 0.6 is 23.2 Å². The zero-order chi connectivity index (χ0) is 16.3. The van der Waals surface area contributed by atoms with Crippen LogP contribution in [0.15, 0.2) is 43.0 Å². The molecular formula is C16H17Cl2N3O2. The first-order valence-corrected chi connectivity index (χ1v) is 8.21. The van der Waals surface area contributed by atoms with Gasteiger partial charge in [0.05, 0.1) is 18.6 Å². The summed E-state index contributed by atoms with van der Waals surface area (Å²) in [7, 11) is 0. The fraction of sp³-hybridized carbons (Fsp3) is 0.375. The molecule has 3 rings (SSSR count). The van der Waals surface area contributed by atoms with E-state index in [-0.39, 0.29) is 12.1 Å². The average molecular weight is 354 g/mol. The summed E-state index contributed by atoms with van der Waals surface area (Å²) in [6.45, 7) is 2.41. The number of halogens is 2. The maximum atomic E-state index is 6.07. The lowest BCUT2D eigenvalue weighted by atomic mass is 10.1. The Hall–Kier alpha value is -1.40. The highest BCUT2D eigenvalue weighted by Crippen LogP contribution is 2.36. The minimum absolute atomic E-state index is 0.155. The number of nitrogens with zero attached hydrogens (tertiary/aromatic N) is 3. The van der Waals surface area contributed by atoms with Crippen molar-refractivity contribution in [3.63, 3.8) is 0 Å². The largest absolute Gasteiger partial charge is 0.342 e. The highest BCUT2D eigenvalue weighted by atomic mass is 35.5. The molecule has 0 amide bonds. The third-order valence-corrected chi connectivity index (χ3v) is 4.41. The predicted octanol–water partition coefficient (Wildman–Crippen LogP) is 3.56. The molecule has 0 bridgehead atoms. The van der Waals surface area contributed by atoms with Gasteiger partial charge in [-0.2, -0.15) is 5.10 Å². The van der Waals surface area contributed by atoms with Crippen molar-refractivity contribution in [2.75, 3.05) is 12.5 Å². The number of aromatic nitrogens is 3. The summed E-state index contributed by atoms with van der Waals surface area (Å²) in [6, 6.07) is 7.35. The van der Waals surface area contributed by atoms with Gasteiger partial charge in [-0.05, 0) is 30.7 Å². The Labute approximate surface area is 144 Å². The minimum atomic E-state index is -0.938.